The summed E-state index contributed by atoms with van der Waals surface area (Å²) in [7, 11) is -2.04. The van der Waals surface area contributed by atoms with E-state index in [-0.39, 0.29) is 41.7 Å². The Morgan fingerprint density at radius 3 is 2.26 bits per heavy atom. The maximum atomic E-state index is 7.18. The van der Waals surface area contributed by atoms with Crippen LogP contribution in [0.4, 0.5) is 0 Å². The Morgan fingerprint density at radius 1 is 0.977 bits per heavy atom. The van der Waals surface area contributed by atoms with E-state index in [4.69, 9.17) is 34.5 Å². The van der Waals surface area contributed by atoms with Crippen LogP contribution in [-0.4, -0.2) is 52.9 Å². The van der Waals surface area contributed by atoms with Gasteiger partial charge in [0, 0.05) is 31.8 Å². The van der Waals surface area contributed by atoms with Gasteiger partial charge in [-0.25, -0.2) is 0 Å². The lowest BCUT2D eigenvalue weighted by Gasteiger charge is -2.40. The largest absolute Gasteiger partial charge is 0.493 e. The van der Waals surface area contributed by atoms with Gasteiger partial charge in [-0.15, -0.1) is 12.3 Å². The van der Waals surface area contributed by atoms with Crippen molar-refractivity contribution in [1.29, 1.82) is 0 Å². The Bertz CT molecular complexity index is 1050. The zero-order chi connectivity index (χ0) is 30.9. The van der Waals surface area contributed by atoms with Gasteiger partial charge in [0.25, 0.3) is 0 Å². The van der Waals surface area contributed by atoms with Crippen LogP contribution >= 0.6 is 0 Å². The van der Waals surface area contributed by atoms with Crippen molar-refractivity contribution >= 4 is 8.32 Å². The second-order valence-corrected chi connectivity index (χ2v) is 18.7. The van der Waals surface area contributed by atoms with Crippen molar-refractivity contribution in [3.8, 4) is 18.1 Å². The maximum Gasteiger partial charge on any atom is 0.199 e. The van der Waals surface area contributed by atoms with E-state index in [0.717, 1.165) is 76.1 Å². The highest BCUT2D eigenvalue weighted by Crippen LogP contribution is 2.48. The smallest absolute Gasteiger partial charge is 0.199 e. The number of terminal acetylenes is 1. The number of ether oxygens (including phenoxy) is 5. The third kappa shape index (κ3) is 9.58. The molecule has 0 bridgehead atoms. The molecule has 0 N–H and O–H groups in total. The molecule has 2 heterocycles. The average molecular weight is 613 g/mol. The normalized spacial score (nSPS) is 29.0. The molecule has 0 radical (unpaired) electrons. The predicted molar refractivity (Wildman–Crippen MR) is 174 cm³/mol. The molecule has 240 valence electrons. The number of benzene rings is 1. The Kier molecular flexibility index (Phi) is 12.6. The molecule has 0 aromatic heterocycles. The highest BCUT2D eigenvalue weighted by atomic mass is 28.4. The molecule has 6 atom stereocenters. The van der Waals surface area contributed by atoms with E-state index in [1.807, 2.05) is 30.3 Å². The fourth-order valence-corrected chi connectivity index (χ4v) is 7.77. The van der Waals surface area contributed by atoms with Gasteiger partial charge in [-0.3, -0.25) is 0 Å². The van der Waals surface area contributed by atoms with Crippen molar-refractivity contribution < 1.29 is 28.1 Å². The summed E-state index contributed by atoms with van der Waals surface area (Å²) in [5.41, 5.74) is 1.20. The molecule has 2 unspecified atom stereocenters. The standard InChI is InChI=1S/C36H56O6Si/c1-8-9-19-29-31(42-43(6,7)36(3,4)5)26-32(41-34-21-14-16-24-39-34)35(29)27(2)30(40-33-20-13-15-23-38-33)22-25-37-28-17-11-10-12-18-28/h1,10-12,17-18,29,31-35H,9,13-16,19-26H2,2-7H3/t29-,31-,32+,33?,34?,35+/m0/s1. The third-order valence-electron chi connectivity index (χ3n) is 9.84. The molecule has 0 spiro atoms. The minimum atomic E-state index is -2.04. The van der Waals surface area contributed by atoms with Gasteiger partial charge in [0.1, 0.15) is 11.5 Å². The van der Waals surface area contributed by atoms with Crippen LogP contribution < -0.4 is 4.74 Å². The lowest BCUT2D eigenvalue weighted by molar-refractivity contribution is -0.194. The van der Waals surface area contributed by atoms with Crippen LogP contribution in [0.2, 0.25) is 18.1 Å². The van der Waals surface area contributed by atoms with Gasteiger partial charge in [0.15, 0.2) is 20.9 Å². The van der Waals surface area contributed by atoms with E-state index in [9.17, 15) is 0 Å². The lowest BCUT2D eigenvalue weighted by atomic mass is 9.83. The van der Waals surface area contributed by atoms with Gasteiger partial charge in [0.2, 0.25) is 0 Å². The molecule has 2 saturated heterocycles. The van der Waals surface area contributed by atoms with Crippen molar-refractivity contribution in [3.63, 3.8) is 0 Å². The monoisotopic (exact) mass is 612 g/mol. The van der Waals surface area contributed by atoms with Crippen LogP contribution in [0.3, 0.4) is 0 Å². The molecule has 1 aromatic rings. The summed E-state index contributed by atoms with van der Waals surface area (Å²) in [6.45, 7) is 15.8. The summed E-state index contributed by atoms with van der Waals surface area (Å²) >= 11 is 0. The van der Waals surface area contributed by atoms with Crippen molar-refractivity contribution in [2.75, 3.05) is 19.8 Å². The Hall–Kier alpha value is -1.82. The number of hydrogen-bond acceptors (Lipinski definition) is 6. The molecule has 7 heteroatoms. The Morgan fingerprint density at radius 2 is 1.65 bits per heavy atom. The zero-order valence-corrected chi connectivity index (χ0v) is 28.6. The molecule has 3 aliphatic rings. The summed E-state index contributed by atoms with van der Waals surface area (Å²) < 4.78 is 39.0. The van der Waals surface area contributed by atoms with Crippen molar-refractivity contribution in [2.45, 2.75) is 135 Å². The van der Waals surface area contributed by atoms with E-state index in [0.29, 0.717) is 19.4 Å². The van der Waals surface area contributed by atoms with Crippen LogP contribution in [0.25, 0.3) is 0 Å². The molecule has 3 fully saturated rings. The van der Waals surface area contributed by atoms with Crippen LogP contribution in [0, 0.1) is 24.2 Å². The molecule has 0 amide bonds. The first-order valence-electron chi connectivity index (χ1n) is 16.6. The first-order valence-corrected chi connectivity index (χ1v) is 19.5. The highest BCUT2D eigenvalue weighted by Gasteiger charge is 2.50. The minimum Gasteiger partial charge on any atom is -0.493 e. The lowest BCUT2D eigenvalue weighted by Crippen LogP contribution is -2.45. The summed E-state index contributed by atoms with van der Waals surface area (Å²) in [4.78, 5) is 0. The molecular weight excluding hydrogens is 556 g/mol. The number of hydrogen-bond donors (Lipinski definition) is 0. The predicted octanol–water partition coefficient (Wildman–Crippen LogP) is 8.62. The van der Waals surface area contributed by atoms with Gasteiger partial charge in [-0.2, -0.15) is 0 Å². The summed E-state index contributed by atoms with van der Waals surface area (Å²) in [5, 5.41) is 0.108. The van der Waals surface area contributed by atoms with E-state index in [1.54, 1.807) is 0 Å². The summed E-state index contributed by atoms with van der Waals surface area (Å²) in [5.74, 6) is 5.05. The molecular formula is C36H56O6Si. The van der Waals surface area contributed by atoms with Gasteiger partial charge >= 0.3 is 0 Å². The zero-order valence-electron chi connectivity index (χ0n) is 27.6. The third-order valence-corrected chi connectivity index (χ3v) is 14.3. The van der Waals surface area contributed by atoms with Crippen LogP contribution in [-0.2, 0) is 23.4 Å². The van der Waals surface area contributed by atoms with Crippen LogP contribution in [0.5, 0.6) is 5.75 Å². The molecule has 43 heavy (non-hydrogen) atoms. The molecule has 4 rings (SSSR count). The molecule has 6 nitrogen and oxygen atoms in total. The first-order chi connectivity index (χ1) is 20.6. The Balaban J connectivity index is 1.66. The van der Waals surface area contributed by atoms with Crippen molar-refractivity contribution in [1.82, 2.24) is 0 Å². The van der Waals surface area contributed by atoms with Crippen molar-refractivity contribution in [3.05, 3.63) is 41.7 Å². The van der Waals surface area contributed by atoms with Crippen LogP contribution in [0.15, 0.2) is 41.7 Å². The number of rotatable bonds is 13. The van der Waals surface area contributed by atoms with E-state index in [1.165, 1.54) is 5.57 Å². The summed E-state index contributed by atoms with van der Waals surface area (Å²) in [6.07, 6.45) is 14.8. The fraction of sp³-hybridized carbons (Fsp3) is 0.722. The van der Waals surface area contributed by atoms with Gasteiger partial charge in [-0.1, -0.05) is 39.0 Å². The van der Waals surface area contributed by atoms with Crippen molar-refractivity contribution in [2.24, 2.45) is 11.8 Å². The summed E-state index contributed by atoms with van der Waals surface area (Å²) in [6, 6.07) is 9.98. The molecule has 1 saturated carbocycles. The van der Waals surface area contributed by atoms with Gasteiger partial charge < -0.3 is 28.1 Å². The van der Waals surface area contributed by atoms with Crippen LogP contribution in [0.1, 0.15) is 91.9 Å². The topological polar surface area (TPSA) is 55.4 Å². The van der Waals surface area contributed by atoms with E-state index >= 15 is 0 Å². The molecule has 2 aliphatic heterocycles. The molecule has 1 aliphatic carbocycles. The van der Waals surface area contributed by atoms with E-state index < -0.39 is 8.32 Å². The second-order valence-electron chi connectivity index (χ2n) is 14.0. The Labute approximate surface area is 262 Å². The average Bonchev–Trinajstić information content (AvgIpc) is 3.31. The maximum absolute atomic E-state index is 7.18. The quantitative estimate of drug-likeness (QED) is 0.126. The first kappa shape index (κ1) is 34.1. The molecule has 1 aromatic carbocycles. The van der Waals surface area contributed by atoms with Gasteiger partial charge in [-0.05, 0) is 93.6 Å². The SMILES string of the molecule is C#CCC[C@@H]1[C@@H](C(C)=C(CCOc2ccccc2)OC2CCCCO2)[C@H](OC2CCCCO2)C[C@@H]1O[Si](C)(C)C(C)(C)C. The van der Waals surface area contributed by atoms with E-state index in [2.05, 4.69) is 46.7 Å². The van der Waals surface area contributed by atoms with Gasteiger partial charge in [0.05, 0.1) is 25.4 Å². The number of para-hydroxylation sites is 1. The fourth-order valence-electron chi connectivity index (χ4n) is 6.39. The minimum absolute atomic E-state index is 0.0402. The second kappa shape index (κ2) is 16.0. The highest BCUT2D eigenvalue weighted by molar-refractivity contribution is 6.74.